The fraction of sp³-hybridized carbons (Fsp3) is 0.0625. The Kier molecular flexibility index (Phi) is 2.99. The SMILES string of the molecule is Cc1ccc(N)cc1C(=O)c1c[nH]c2cc(Cl)ccc12. The Hall–Kier alpha value is -2.26. The molecular formula is C16H13ClN2O. The third-order valence-corrected chi connectivity index (χ3v) is 3.63. The first-order chi connectivity index (χ1) is 9.56. The number of nitrogens with two attached hydrogens (primary N) is 1. The molecule has 0 aliphatic rings. The van der Waals surface area contributed by atoms with Crippen molar-refractivity contribution in [3.8, 4) is 0 Å². The standard InChI is InChI=1S/C16H13ClN2O/c1-9-2-4-11(18)7-13(9)16(20)14-8-19-15-6-10(17)3-5-12(14)15/h2-8,19H,18H2,1H3. The minimum absolute atomic E-state index is 0.0385. The molecule has 100 valence electrons. The van der Waals surface area contributed by atoms with Gasteiger partial charge in [-0.05, 0) is 36.8 Å². The molecule has 0 atom stereocenters. The van der Waals surface area contributed by atoms with E-state index in [2.05, 4.69) is 4.98 Å². The van der Waals surface area contributed by atoms with Gasteiger partial charge in [-0.15, -0.1) is 0 Å². The molecule has 20 heavy (non-hydrogen) atoms. The van der Waals surface area contributed by atoms with Gasteiger partial charge in [0.2, 0.25) is 0 Å². The molecule has 0 aliphatic carbocycles. The zero-order valence-electron chi connectivity index (χ0n) is 10.9. The third kappa shape index (κ3) is 2.06. The number of carbonyl (C=O) groups is 1. The lowest BCUT2D eigenvalue weighted by Crippen LogP contribution is -2.04. The number of benzene rings is 2. The molecule has 0 unspecified atom stereocenters. The van der Waals surface area contributed by atoms with E-state index in [1.54, 1.807) is 30.5 Å². The number of aryl methyl sites for hydroxylation is 1. The molecule has 2 aromatic carbocycles. The molecule has 0 radical (unpaired) electrons. The Bertz CT molecular complexity index is 820. The molecule has 0 fully saturated rings. The van der Waals surface area contributed by atoms with Crippen molar-refractivity contribution in [1.82, 2.24) is 4.98 Å². The molecule has 0 aliphatic heterocycles. The topological polar surface area (TPSA) is 58.9 Å². The average Bonchev–Trinajstić information content (AvgIpc) is 2.83. The smallest absolute Gasteiger partial charge is 0.195 e. The Balaban J connectivity index is 2.15. The lowest BCUT2D eigenvalue weighted by atomic mass is 9.98. The molecule has 1 aromatic heterocycles. The van der Waals surface area contributed by atoms with Crippen molar-refractivity contribution >= 4 is 34.0 Å². The summed E-state index contributed by atoms with van der Waals surface area (Å²) < 4.78 is 0. The number of hydrogen-bond acceptors (Lipinski definition) is 2. The molecular weight excluding hydrogens is 272 g/mol. The zero-order valence-corrected chi connectivity index (χ0v) is 11.7. The second kappa shape index (κ2) is 4.69. The Morgan fingerprint density at radius 2 is 1.95 bits per heavy atom. The van der Waals surface area contributed by atoms with E-state index in [4.69, 9.17) is 17.3 Å². The number of anilines is 1. The van der Waals surface area contributed by atoms with Crippen LogP contribution in [0.25, 0.3) is 10.9 Å². The summed E-state index contributed by atoms with van der Waals surface area (Å²) in [7, 11) is 0. The number of nitrogens with one attached hydrogen (secondary N) is 1. The summed E-state index contributed by atoms with van der Waals surface area (Å²) in [5, 5.41) is 1.50. The highest BCUT2D eigenvalue weighted by molar-refractivity contribution is 6.31. The average molecular weight is 285 g/mol. The van der Waals surface area contributed by atoms with E-state index < -0.39 is 0 Å². The Labute approximate surface area is 121 Å². The highest BCUT2D eigenvalue weighted by Crippen LogP contribution is 2.25. The summed E-state index contributed by atoms with van der Waals surface area (Å²) in [6.07, 6.45) is 1.71. The van der Waals surface area contributed by atoms with Crippen molar-refractivity contribution in [2.24, 2.45) is 0 Å². The monoisotopic (exact) mass is 284 g/mol. The number of ketones is 1. The van der Waals surface area contributed by atoms with E-state index >= 15 is 0 Å². The first kappa shape index (κ1) is 12.8. The number of halogens is 1. The molecule has 0 amide bonds. The predicted molar refractivity (Wildman–Crippen MR) is 82.3 cm³/mol. The summed E-state index contributed by atoms with van der Waals surface area (Å²) >= 11 is 5.95. The van der Waals surface area contributed by atoms with Gasteiger partial charge >= 0.3 is 0 Å². The van der Waals surface area contributed by atoms with Crippen molar-refractivity contribution < 1.29 is 4.79 Å². The van der Waals surface area contributed by atoms with Crippen LogP contribution >= 0.6 is 11.6 Å². The molecule has 0 bridgehead atoms. The number of fused-ring (bicyclic) bond motifs is 1. The highest BCUT2D eigenvalue weighted by atomic mass is 35.5. The van der Waals surface area contributed by atoms with Crippen LogP contribution in [0.4, 0.5) is 5.69 Å². The fourth-order valence-corrected chi connectivity index (χ4v) is 2.49. The number of nitrogen functional groups attached to an aromatic ring is 1. The van der Waals surface area contributed by atoms with E-state index in [1.807, 2.05) is 19.1 Å². The summed E-state index contributed by atoms with van der Waals surface area (Å²) in [6, 6.07) is 10.8. The Morgan fingerprint density at radius 3 is 2.75 bits per heavy atom. The lowest BCUT2D eigenvalue weighted by molar-refractivity contribution is 0.104. The lowest BCUT2D eigenvalue weighted by Gasteiger charge is -2.05. The van der Waals surface area contributed by atoms with Crippen molar-refractivity contribution in [2.75, 3.05) is 5.73 Å². The van der Waals surface area contributed by atoms with E-state index in [9.17, 15) is 4.79 Å². The third-order valence-electron chi connectivity index (χ3n) is 3.39. The summed E-state index contributed by atoms with van der Waals surface area (Å²) in [4.78, 5) is 15.7. The van der Waals surface area contributed by atoms with Gasteiger partial charge in [-0.25, -0.2) is 0 Å². The van der Waals surface area contributed by atoms with Crippen LogP contribution in [0, 0.1) is 6.92 Å². The second-order valence-electron chi connectivity index (χ2n) is 4.80. The van der Waals surface area contributed by atoms with Crippen molar-refractivity contribution in [1.29, 1.82) is 0 Å². The maximum Gasteiger partial charge on any atom is 0.195 e. The first-order valence-electron chi connectivity index (χ1n) is 6.24. The Morgan fingerprint density at radius 1 is 1.15 bits per heavy atom. The summed E-state index contributed by atoms with van der Waals surface area (Å²) in [5.74, 6) is -0.0385. The summed E-state index contributed by atoms with van der Waals surface area (Å²) in [6.45, 7) is 1.90. The molecule has 3 rings (SSSR count). The van der Waals surface area contributed by atoms with Crippen LogP contribution in [0.3, 0.4) is 0 Å². The number of rotatable bonds is 2. The van der Waals surface area contributed by atoms with Crippen LogP contribution in [0.1, 0.15) is 21.5 Å². The van der Waals surface area contributed by atoms with Crippen LogP contribution in [-0.2, 0) is 0 Å². The van der Waals surface area contributed by atoms with Crippen molar-refractivity contribution in [3.63, 3.8) is 0 Å². The van der Waals surface area contributed by atoms with Gasteiger partial charge in [0.15, 0.2) is 5.78 Å². The first-order valence-corrected chi connectivity index (χ1v) is 6.61. The van der Waals surface area contributed by atoms with E-state index in [0.717, 1.165) is 16.5 Å². The van der Waals surface area contributed by atoms with Gasteiger partial charge in [-0.3, -0.25) is 4.79 Å². The van der Waals surface area contributed by atoms with Gasteiger partial charge in [0.1, 0.15) is 0 Å². The second-order valence-corrected chi connectivity index (χ2v) is 5.23. The molecule has 0 saturated heterocycles. The van der Waals surface area contributed by atoms with E-state index in [0.29, 0.717) is 21.8 Å². The van der Waals surface area contributed by atoms with Gasteiger partial charge in [0.25, 0.3) is 0 Å². The van der Waals surface area contributed by atoms with Crippen molar-refractivity contribution in [3.05, 3.63) is 64.3 Å². The maximum atomic E-state index is 12.7. The largest absolute Gasteiger partial charge is 0.399 e. The maximum absolute atomic E-state index is 12.7. The van der Waals surface area contributed by atoms with Crippen molar-refractivity contribution in [2.45, 2.75) is 6.92 Å². The van der Waals surface area contributed by atoms with Gasteiger partial charge in [0.05, 0.1) is 0 Å². The molecule has 3 nitrogen and oxygen atoms in total. The van der Waals surface area contributed by atoms with Crippen LogP contribution in [0.2, 0.25) is 5.02 Å². The van der Waals surface area contributed by atoms with Crippen LogP contribution in [0.5, 0.6) is 0 Å². The van der Waals surface area contributed by atoms with E-state index in [-0.39, 0.29) is 5.78 Å². The molecule has 0 spiro atoms. The number of carbonyl (C=O) groups excluding carboxylic acids is 1. The summed E-state index contributed by atoms with van der Waals surface area (Å²) in [5.41, 5.74) is 9.37. The van der Waals surface area contributed by atoms with Crippen LogP contribution < -0.4 is 5.73 Å². The van der Waals surface area contributed by atoms with E-state index in [1.165, 1.54) is 0 Å². The van der Waals surface area contributed by atoms with Gasteiger partial charge in [-0.2, -0.15) is 0 Å². The predicted octanol–water partition coefficient (Wildman–Crippen LogP) is 3.94. The number of hydrogen-bond donors (Lipinski definition) is 2. The normalized spacial score (nSPS) is 10.9. The number of aromatic nitrogens is 1. The fourth-order valence-electron chi connectivity index (χ4n) is 2.32. The molecule has 4 heteroatoms. The molecule has 3 aromatic rings. The number of H-pyrrole nitrogens is 1. The van der Waals surface area contributed by atoms with Crippen LogP contribution in [-0.4, -0.2) is 10.8 Å². The minimum Gasteiger partial charge on any atom is -0.399 e. The van der Waals surface area contributed by atoms with Crippen LogP contribution in [0.15, 0.2) is 42.6 Å². The highest BCUT2D eigenvalue weighted by Gasteiger charge is 2.16. The number of aromatic amines is 1. The van der Waals surface area contributed by atoms with Gasteiger partial charge in [-0.1, -0.05) is 23.7 Å². The zero-order chi connectivity index (χ0) is 14.3. The minimum atomic E-state index is -0.0385. The molecule has 0 saturated carbocycles. The quantitative estimate of drug-likeness (QED) is 0.553. The van der Waals surface area contributed by atoms with Gasteiger partial charge in [0, 0.05) is 38.9 Å². The molecule has 3 N–H and O–H groups in total. The van der Waals surface area contributed by atoms with Gasteiger partial charge < -0.3 is 10.7 Å². The molecule has 1 heterocycles.